The van der Waals surface area contributed by atoms with Crippen LogP contribution in [0.15, 0.2) is 6.07 Å². The summed E-state index contributed by atoms with van der Waals surface area (Å²) in [6.07, 6.45) is 4.14. The summed E-state index contributed by atoms with van der Waals surface area (Å²) in [5, 5.41) is 3.60. The predicted octanol–water partition coefficient (Wildman–Crippen LogP) is 4.57. The first-order chi connectivity index (χ1) is 9.87. The Morgan fingerprint density at radius 2 is 2.14 bits per heavy atom. The lowest BCUT2D eigenvalue weighted by Gasteiger charge is -2.32. The monoisotopic (exact) mass is 308 g/mol. The van der Waals surface area contributed by atoms with Gasteiger partial charge in [-0.2, -0.15) is 0 Å². The minimum Gasteiger partial charge on any atom is -0.307 e. The van der Waals surface area contributed by atoms with Gasteiger partial charge in [0.05, 0.1) is 0 Å². The molecular weight excluding hydrogens is 276 g/mol. The number of hydrogen-bond acceptors (Lipinski definition) is 3. The molecule has 0 aliphatic carbocycles. The van der Waals surface area contributed by atoms with Gasteiger partial charge in [-0.25, -0.2) is 0 Å². The maximum Gasteiger partial charge on any atom is 0.0304 e. The maximum absolute atomic E-state index is 3.60. The van der Waals surface area contributed by atoms with Crippen molar-refractivity contribution in [2.75, 3.05) is 13.1 Å². The molecule has 0 amide bonds. The van der Waals surface area contributed by atoms with Crippen LogP contribution in [0.3, 0.4) is 0 Å². The van der Waals surface area contributed by atoms with E-state index >= 15 is 0 Å². The summed E-state index contributed by atoms with van der Waals surface area (Å²) in [5.74, 6) is 0.916. The highest BCUT2D eigenvalue weighted by Gasteiger charge is 2.19. The van der Waals surface area contributed by atoms with Gasteiger partial charge in [-0.1, -0.05) is 13.3 Å². The molecule has 1 aromatic heterocycles. The van der Waals surface area contributed by atoms with E-state index in [4.69, 9.17) is 0 Å². The highest BCUT2D eigenvalue weighted by Crippen LogP contribution is 2.26. The molecule has 0 aromatic carbocycles. The summed E-state index contributed by atoms with van der Waals surface area (Å²) < 4.78 is 0. The molecule has 21 heavy (non-hydrogen) atoms. The summed E-state index contributed by atoms with van der Waals surface area (Å²) in [6, 6.07) is 2.42. The number of rotatable bonds is 5. The fourth-order valence-corrected chi connectivity index (χ4v) is 4.05. The normalized spacial score (nSPS) is 20.9. The molecule has 2 nitrogen and oxygen atoms in total. The molecule has 1 aromatic rings. The molecule has 1 saturated heterocycles. The van der Waals surface area contributed by atoms with Gasteiger partial charge in [-0.05, 0) is 64.6 Å². The number of nitrogens with zero attached hydrogens (tertiary/aromatic N) is 1. The lowest BCUT2D eigenvalue weighted by molar-refractivity contribution is 0.164. The molecule has 120 valence electrons. The van der Waals surface area contributed by atoms with Gasteiger partial charge in [0.25, 0.3) is 0 Å². The molecule has 0 radical (unpaired) electrons. The smallest absolute Gasteiger partial charge is 0.0304 e. The van der Waals surface area contributed by atoms with E-state index in [0.29, 0.717) is 0 Å². The van der Waals surface area contributed by atoms with Crippen LogP contribution in [-0.2, 0) is 13.1 Å². The van der Waals surface area contributed by atoms with Crippen molar-refractivity contribution < 1.29 is 0 Å². The topological polar surface area (TPSA) is 15.3 Å². The second kappa shape index (κ2) is 7.26. The van der Waals surface area contributed by atoms with E-state index in [1.165, 1.54) is 42.1 Å². The second-order valence-electron chi connectivity index (χ2n) is 7.55. The second-order valence-corrected chi connectivity index (χ2v) is 8.89. The third-order valence-corrected chi connectivity index (χ3v) is 5.53. The first-order valence-electron chi connectivity index (χ1n) is 8.43. The number of hydrogen-bond donors (Lipinski definition) is 1. The van der Waals surface area contributed by atoms with Crippen molar-refractivity contribution >= 4 is 11.3 Å². The summed E-state index contributed by atoms with van der Waals surface area (Å²) in [7, 11) is 0. The zero-order valence-corrected chi connectivity index (χ0v) is 15.3. The Balaban J connectivity index is 1.92. The Kier molecular flexibility index (Phi) is 5.87. The number of nitrogens with one attached hydrogen (secondary N) is 1. The minimum atomic E-state index is 0.194. The fourth-order valence-electron chi connectivity index (χ4n) is 3.05. The Morgan fingerprint density at radius 1 is 1.38 bits per heavy atom. The summed E-state index contributed by atoms with van der Waals surface area (Å²) in [4.78, 5) is 5.63. The van der Waals surface area contributed by atoms with Gasteiger partial charge in [0.1, 0.15) is 0 Å². The van der Waals surface area contributed by atoms with Gasteiger partial charge in [-0.3, -0.25) is 4.90 Å². The zero-order valence-electron chi connectivity index (χ0n) is 14.5. The van der Waals surface area contributed by atoms with Gasteiger partial charge in [0, 0.05) is 34.9 Å². The molecule has 0 spiro atoms. The van der Waals surface area contributed by atoms with E-state index in [1.54, 1.807) is 5.56 Å². The van der Waals surface area contributed by atoms with Crippen LogP contribution in [0, 0.1) is 12.8 Å². The largest absolute Gasteiger partial charge is 0.307 e. The van der Waals surface area contributed by atoms with Crippen LogP contribution in [0.25, 0.3) is 0 Å². The van der Waals surface area contributed by atoms with Crippen LogP contribution >= 0.6 is 11.3 Å². The van der Waals surface area contributed by atoms with Crippen molar-refractivity contribution in [3.63, 3.8) is 0 Å². The molecule has 2 heterocycles. The van der Waals surface area contributed by atoms with Crippen molar-refractivity contribution in [2.24, 2.45) is 5.92 Å². The molecule has 3 heteroatoms. The molecular formula is C18H32N2S. The molecule has 0 saturated carbocycles. The third-order valence-electron chi connectivity index (χ3n) is 4.44. The molecule has 2 rings (SSSR count). The predicted molar refractivity (Wildman–Crippen MR) is 93.9 cm³/mol. The lowest BCUT2D eigenvalue weighted by Crippen LogP contribution is -2.35. The molecule has 1 N–H and O–H groups in total. The average Bonchev–Trinajstić information content (AvgIpc) is 2.77. The van der Waals surface area contributed by atoms with E-state index in [9.17, 15) is 0 Å². The van der Waals surface area contributed by atoms with Gasteiger partial charge >= 0.3 is 0 Å². The van der Waals surface area contributed by atoms with Crippen LogP contribution in [0.2, 0.25) is 0 Å². The lowest BCUT2D eigenvalue weighted by atomic mass is 9.95. The van der Waals surface area contributed by atoms with E-state index in [2.05, 4.69) is 50.9 Å². The summed E-state index contributed by atoms with van der Waals surface area (Å²) >= 11 is 1.96. The van der Waals surface area contributed by atoms with Crippen LogP contribution in [0.5, 0.6) is 0 Å². The Labute approximate surface area is 134 Å². The molecule has 1 aliphatic rings. The molecule has 1 unspecified atom stereocenters. The highest BCUT2D eigenvalue weighted by molar-refractivity contribution is 7.12. The van der Waals surface area contributed by atoms with E-state index < -0.39 is 0 Å². The molecule has 1 atom stereocenters. The van der Waals surface area contributed by atoms with E-state index in [0.717, 1.165) is 19.0 Å². The average molecular weight is 309 g/mol. The van der Waals surface area contributed by atoms with Crippen LogP contribution < -0.4 is 5.32 Å². The maximum atomic E-state index is 3.60. The van der Waals surface area contributed by atoms with Gasteiger partial charge in [0.2, 0.25) is 0 Å². The van der Waals surface area contributed by atoms with Crippen molar-refractivity contribution in [2.45, 2.75) is 72.5 Å². The number of thiophene rings is 1. The first-order valence-corrected chi connectivity index (χ1v) is 9.24. The van der Waals surface area contributed by atoms with Crippen molar-refractivity contribution in [1.29, 1.82) is 0 Å². The van der Waals surface area contributed by atoms with Crippen molar-refractivity contribution in [1.82, 2.24) is 10.2 Å². The summed E-state index contributed by atoms with van der Waals surface area (Å²) in [5.41, 5.74) is 1.74. The Hall–Kier alpha value is -0.380. The third kappa shape index (κ3) is 5.39. The SMILES string of the molecule is CCC1CCCN(Cc2cc(CNC(C)(C)C)sc2C)C1. The molecule has 1 aliphatic heterocycles. The first kappa shape index (κ1) is 17.0. The minimum absolute atomic E-state index is 0.194. The number of likely N-dealkylation sites (tertiary alicyclic amines) is 1. The van der Waals surface area contributed by atoms with E-state index in [-0.39, 0.29) is 5.54 Å². The molecule has 1 fully saturated rings. The van der Waals surface area contributed by atoms with Crippen molar-refractivity contribution in [3.05, 3.63) is 21.4 Å². The fraction of sp³-hybridized carbons (Fsp3) is 0.778. The van der Waals surface area contributed by atoms with Gasteiger partial charge in [-0.15, -0.1) is 11.3 Å². The van der Waals surface area contributed by atoms with Gasteiger partial charge < -0.3 is 5.32 Å². The van der Waals surface area contributed by atoms with E-state index in [1.807, 2.05) is 11.3 Å². The quantitative estimate of drug-likeness (QED) is 0.857. The zero-order chi connectivity index (χ0) is 15.5. The Bertz CT molecular complexity index is 445. The Morgan fingerprint density at radius 3 is 2.81 bits per heavy atom. The summed E-state index contributed by atoms with van der Waals surface area (Å²) in [6.45, 7) is 16.0. The van der Waals surface area contributed by atoms with Crippen molar-refractivity contribution in [3.8, 4) is 0 Å². The standard InChI is InChI=1S/C18H32N2S/c1-6-15-8-7-9-20(12-15)13-16-10-17(21-14(16)2)11-19-18(3,4)5/h10,15,19H,6-9,11-13H2,1-5H3. The van der Waals surface area contributed by atoms with Crippen LogP contribution in [0.4, 0.5) is 0 Å². The van der Waals surface area contributed by atoms with Gasteiger partial charge in [0.15, 0.2) is 0 Å². The number of piperidine rings is 1. The number of aryl methyl sites for hydroxylation is 1. The molecule has 0 bridgehead atoms. The highest BCUT2D eigenvalue weighted by atomic mass is 32.1. The van der Waals surface area contributed by atoms with Crippen LogP contribution in [0.1, 0.15) is 62.3 Å². The van der Waals surface area contributed by atoms with Crippen LogP contribution in [-0.4, -0.2) is 23.5 Å².